The average molecular weight is 425 g/mol. The van der Waals surface area contributed by atoms with E-state index >= 15 is 0 Å². The van der Waals surface area contributed by atoms with E-state index in [4.69, 9.17) is 5.14 Å². The van der Waals surface area contributed by atoms with Crippen LogP contribution in [0.15, 0.2) is 26.9 Å². The first-order valence-electron chi connectivity index (χ1n) is 6.91. The average Bonchev–Trinajstić information content (AvgIpc) is 3.09. The van der Waals surface area contributed by atoms with Gasteiger partial charge in [0.15, 0.2) is 10.6 Å². The summed E-state index contributed by atoms with van der Waals surface area (Å²) in [5.74, 6) is -4.90. The Balaban J connectivity index is 2.32. The molecule has 0 bridgehead atoms. The number of rotatable bonds is 3. The summed E-state index contributed by atoms with van der Waals surface area (Å²) in [6.45, 7) is 1.59. The zero-order valence-corrected chi connectivity index (χ0v) is 14.8. The Morgan fingerprint density at radius 1 is 1.19 bits per heavy atom. The molecule has 0 fully saturated rings. The molecule has 0 spiro atoms. The van der Waals surface area contributed by atoms with Crippen molar-refractivity contribution in [3.8, 4) is 21.8 Å². The minimum Gasteiger partial charge on any atom is -0.350 e. The third-order valence-electron chi connectivity index (χ3n) is 3.34. The van der Waals surface area contributed by atoms with Crippen LogP contribution in [-0.2, 0) is 16.2 Å². The molecule has 0 aliphatic carbocycles. The second kappa shape index (κ2) is 6.35. The number of thiazole rings is 1. The summed E-state index contributed by atoms with van der Waals surface area (Å²) in [5.41, 5.74) is -1.30. The van der Waals surface area contributed by atoms with Gasteiger partial charge in [0.2, 0.25) is 15.8 Å². The molecule has 3 rings (SSSR count). The van der Waals surface area contributed by atoms with Gasteiger partial charge in [-0.05, 0) is 24.6 Å². The molecular weight excluding hydrogens is 417 g/mol. The van der Waals surface area contributed by atoms with Gasteiger partial charge in [0.1, 0.15) is 16.6 Å². The maximum absolute atomic E-state index is 14.1. The number of halogens is 5. The van der Waals surface area contributed by atoms with Gasteiger partial charge in [-0.2, -0.15) is 13.2 Å². The van der Waals surface area contributed by atoms with Crippen LogP contribution in [0.1, 0.15) is 11.5 Å². The fraction of sp³-hybridized carbons (Fsp3) is 0.143. The predicted molar refractivity (Wildman–Crippen MR) is 84.1 cm³/mol. The van der Waals surface area contributed by atoms with E-state index in [-0.39, 0.29) is 10.7 Å². The van der Waals surface area contributed by atoms with E-state index in [1.54, 1.807) is 6.92 Å². The number of sulfonamides is 1. The summed E-state index contributed by atoms with van der Waals surface area (Å²) in [6, 6.07) is 0.823. The molecule has 1 aromatic carbocycles. The van der Waals surface area contributed by atoms with Crippen molar-refractivity contribution in [2.24, 2.45) is 5.14 Å². The smallest absolute Gasteiger partial charge is 0.350 e. The van der Waals surface area contributed by atoms with Crippen molar-refractivity contribution in [1.82, 2.24) is 10.1 Å². The van der Waals surface area contributed by atoms with Gasteiger partial charge in [-0.3, -0.25) is 0 Å². The van der Waals surface area contributed by atoms with Crippen LogP contribution in [0.2, 0.25) is 0 Å². The first-order chi connectivity index (χ1) is 12.4. The SMILES string of the molecule is Cc1csc(-c2noc(C(F)(F)F)c2-c2cc(F)c(S(N)(=O)=O)c(F)c2)n1. The van der Waals surface area contributed by atoms with Crippen molar-refractivity contribution in [2.75, 3.05) is 0 Å². The van der Waals surface area contributed by atoms with Crippen LogP contribution in [0.5, 0.6) is 0 Å². The molecule has 0 aliphatic heterocycles. The van der Waals surface area contributed by atoms with Gasteiger partial charge in [0.25, 0.3) is 0 Å². The third-order valence-corrected chi connectivity index (χ3v) is 5.27. The van der Waals surface area contributed by atoms with E-state index in [2.05, 4.69) is 14.7 Å². The maximum Gasteiger partial charge on any atom is 0.453 e. The molecule has 0 saturated heterocycles. The fourth-order valence-corrected chi connectivity index (χ4v) is 3.78. The summed E-state index contributed by atoms with van der Waals surface area (Å²) in [7, 11) is -4.77. The summed E-state index contributed by atoms with van der Waals surface area (Å²) in [4.78, 5) is 2.53. The molecule has 0 radical (unpaired) electrons. The Labute approximate surface area is 152 Å². The van der Waals surface area contributed by atoms with E-state index in [1.165, 1.54) is 5.38 Å². The molecule has 144 valence electrons. The highest BCUT2D eigenvalue weighted by Gasteiger charge is 2.42. The molecule has 6 nitrogen and oxygen atoms in total. The van der Waals surface area contributed by atoms with Crippen molar-refractivity contribution in [2.45, 2.75) is 18.0 Å². The number of aromatic nitrogens is 2. The molecule has 13 heteroatoms. The summed E-state index contributed by atoms with van der Waals surface area (Å²) in [6.07, 6.45) is -5.03. The second-order valence-electron chi connectivity index (χ2n) is 5.34. The Kier molecular flexibility index (Phi) is 4.56. The summed E-state index contributed by atoms with van der Waals surface area (Å²) < 4.78 is 95.0. The lowest BCUT2D eigenvalue weighted by atomic mass is 10.0. The van der Waals surface area contributed by atoms with E-state index in [1.807, 2.05) is 0 Å². The number of nitrogens with two attached hydrogens (primary N) is 1. The lowest BCUT2D eigenvalue weighted by molar-refractivity contribution is -0.154. The van der Waals surface area contributed by atoms with Crippen LogP contribution in [0.25, 0.3) is 21.8 Å². The van der Waals surface area contributed by atoms with Crippen molar-refractivity contribution in [3.63, 3.8) is 0 Å². The molecule has 2 N–H and O–H groups in total. The highest BCUT2D eigenvalue weighted by atomic mass is 32.2. The molecule has 0 atom stereocenters. The fourth-order valence-electron chi connectivity index (χ4n) is 2.34. The molecule has 3 aromatic rings. The molecule has 0 amide bonds. The Hall–Kier alpha value is -2.38. The standard InChI is InChI=1S/C14H8F5N3O3S2/c1-5-4-26-13(21-5)10-9(12(25-22-10)14(17,18)19)6-2-7(15)11(8(16)3-6)27(20,23)24/h2-4H,1H3,(H2,20,23,24). The molecule has 0 aliphatic rings. The van der Waals surface area contributed by atoms with Crippen LogP contribution in [0, 0.1) is 18.6 Å². The van der Waals surface area contributed by atoms with Gasteiger partial charge < -0.3 is 4.52 Å². The van der Waals surface area contributed by atoms with Crippen molar-refractivity contribution in [3.05, 3.63) is 40.6 Å². The number of alkyl halides is 3. The van der Waals surface area contributed by atoms with Crippen LogP contribution in [0.3, 0.4) is 0 Å². The van der Waals surface area contributed by atoms with Gasteiger partial charge in [0.05, 0.1) is 5.56 Å². The highest BCUT2D eigenvalue weighted by Crippen LogP contribution is 2.44. The minimum atomic E-state index is -5.03. The predicted octanol–water partition coefficient (Wildman–Crippen LogP) is 3.72. The topological polar surface area (TPSA) is 99.1 Å². The third kappa shape index (κ3) is 3.57. The van der Waals surface area contributed by atoms with Crippen LogP contribution in [-0.4, -0.2) is 18.6 Å². The Bertz CT molecular complexity index is 1110. The monoisotopic (exact) mass is 425 g/mol. The maximum atomic E-state index is 14.1. The summed E-state index contributed by atoms with van der Waals surface area (Å²) in [5, 5.41) is 9.62. The molecular formula is C14H8F5N3O3S2. The van der Waals surface area contributed by atoms with Crippen LogP contribution < -0.4 is 5.14 Å². The largest absolute Gasteiger partial charge is 0.453 e. The first-order valence-corrected chi connectivity index (χ1v) is 9.33. The molecule has 0 saturated carbocycles. The Morgan fingerprint density at radius 2 is 1.78 bits per heavy atom. The summed E-state index contributed by atoms with van der Waals surface area (Å²) >= 11 is 0.947. The zero-order valence-electron chi connectivity index (χ0n) is 13.1. The Morgan fingerprint density at radius 3 is 2.22 bits per heavy atom. The minimum absolute atomic E-state index is 0.0260. The highest BCUT2D eigenvalue weighted by molar-refractivity contribution is 7.89. The van der Waals surface area contributed by atoms with Gasteiger partial charge in [-0.25, -0.2) is 27.3 Å². The van der Waals surface area contributed by atoms with E-state index in [0.717, 1.165) is 11.3 Å². The van der Waals surface area contributed by atoms with Gasteiger partial charge >= 0.3 is 6.18 Å². The van der Waals surface area contributed by atoms with Gasteiger partial charge in [0, 0.05) is 11.1 Å². The van der Waals surface area contributed by atoms with E-state index < -0.39 is 49.6 Å². The van der Waals surface area contributed by atoms with Crippen molar-refractivity contribution >= 4 is 21.4 Å². The van der Waals surface area contributed by atoms with Crippen molar-refractivity contribution in [1.29, 1.82) is 0 Å². The number of aryl methyl sites for hydroxylation is 1. The van der Waals surface area contributed by atoms with Crippen LogP contribution >= 0.6 is 11.3 Å². The number of primary sulfonamides is 1. The van der Waals surface area contributed by atoms with Gasteiger partial charge in [-0.1, -0.05) is 5.16 Å². The quantitative estimate of drug-likeness (QED) is 0.645. The number of hydrogen-bond donors (Lipinski definition) is 1. The number of benzene rings is 1. The first kappa shape index (κ1) is 19.4. The van der Waals surface area contributed by atoms with E-state index in [0.29, 0.717) is 17.8 Å². The van der Waals surface area contributed by atoms with E-state index in [9.17, 15) is 30.4 Å². The van der Waals surface area contributed by atoms with Crippen molar-refractivity contribution < 1.29 is 34.9 Å². The number of hydrogen-bond acceptors (Lipinski definition) is 6. The lowest BCUT2D eigenvalue weighted by Crippen LogP contribution is -2.16. The molecule has 0 unspecified atom stereocenters. The van der Waals surface area contributed by atoms with Gasteiger partial charge in [-0.15, -0.1) is 11.3 Å². The second-order valence-corrected chi connectivity index (χ2v) is 7.70. The van der Waals surface area contributed by atoms with Crippen LogP contribution in [0.4, 0.5) is 22.0 Å². The lowest BCUT2D eigenvalue weighted by Gasteiger charge is -2.09. The number of nitrogens with zero attached hydrogens (tertiary/aromatic N) is 2. The normalized spacial score (nSPS) is 12.6. The molecule has 2 heterocycles. The molecule has 2 aromatic heterocycles. The zero-order chi connectivity index (χ0) is 20.1. The molecule has 27 heavy (non-hydrogen) atoms.